The highest BCUT2D eigenvalue weighted by Crippen LogP contribution is 2.29. The van der Waals surface area contributed by atoms with Gasteiger partial charge in [0.05, 0.1) is 13.1 Å². The molecule has 0 radical (unpaired) electrons. The molecule has 1 aromatic carbocycles. The van der Waals surface area contributed by atoms with Crippen molar-refractivity contribution >= 4 is 23.4 Å². The molecule has 0 spiro atoms. The number of hydrogen-bond donors (Lipinski definition) is 2. The second kappa shape index (κ2) is 6.28. The minimum absolute atomic E-state index is 0.0721. The van der Waals surface area contributed by atoms with Gasteiger partial charge in [-0.15, -0.1) is 0 Å². The largest absolute Gasteiger partial charge is 0.366 e. The highest BCUT2D eigenvalue weighted by molar-refractivity contribution is 5.96. The van der Waals surface area contributed by atoms with Crippen molar-refractivity contribution in [3.05, 3.63) is 29.3 Å². The number of anilines is 1. The van der Waals surface area contributed by atoms with Gasteiger partial charge < -0.3 is 20.9 Å². The molecule has 0 aliphatic carbocycles. The van der Waals surface area contributed by atoms with E-state index in [4.69, 9.17) is 5.73 Å². The molecule has 0 atom stereocenters. The zero-order valence-corrected chi connectivity index (χ0v) is 12.9. The van der Waals surface area contributed by atoms with Crippen molar-refractivity contribution in [3.8, 4) is 0 Å². The third kappa shape index (κ3) is 3.13. The van der Waals surface area contributed by atoms with Gasteiger partial charge in [0.25, 0.3) is 0 Å². The van der Waals surface area contributed by atoms with Gasteiger partial charge in [0.15, 0.2) is 0 Å². The third-order valence-corrected chi connectivity index (χ3v) is 4.33. The van der Waals surface area contributed by atoms with Crippen LogP contribution in [0, 0.1) is 0 Å². The predicted octanol–water partition coefficient (Wildman–Crippen LogP) is -0.503. The molecule has 7 nitrogen and oxygen atoms in total. The standard InChI is InChI=1S/C16H20N4O3/c17-16(23)12-3-1-5-13-11(12)4-2-7-19(13)10-15(22)20-8-6-18-14(21)9-20/h1,3,5H,2,4,6-10H2,(H2,17,23)(H,18,21). The second-order valence-corrected chi connectivity index (χ2v) is 5.86. The topological polar surface area (TPSA) is 95.7 Å². The van der Waals surface area contributed by atoms with E-state index in [1.54, 1.807) is 17.0 Å². The van der Waals surface area contributed by atoms with Gasteiger partial charge >= 0.3 is 0 Å². The number of fused-ring (bicyclic) bond motifs is 1. The van der Waals surface area contributed by atoms with E-state index in [1.165, 1.54) is 0 Å². The fourth-order valence-electron chi connectivity index (χ4n) is 3.21. The Bertz CT molecular complexity index is 659. The zero-order chi connectivity index (χ0) is 16.4. The Morgan fingerprint density at radius 2 is 2.09 bits per heavy atom. The van der Waals surface area contributed by atoms with Crippen molar-refractivity contribution in [2.75, 3.05) is 37.6 Å². The summed E-state index contributed by atoms with van der Waals surface area (Å²) in [6, 6.07) is 5.43. The molecular weight excluding hydrogens is 296 g/mol. The summed E-state index contributed by atoms with van der Waals surface area (Å²) < 4.78 is 0. The van der Waals surface area contributed by atoms with Gasteiger partial charge in [-0.1, -0.05) is 6.07 Å². The lowest BCUT2D eigenvalue weighted by atomic mass is 9.96. The first kappa shape index (κ1) is 15.3. The van der Waals surface area contributed by atoms with Crippen LogP contribution in [0.3, 0.4) is 0 Å². The Morgan fingerprint density at radius 1 is 1.26 bits per heavy atom. The molecule has 2 heterocycles. The molecule has 3 N–H and O–H groups in total. The molecular formula is C16H20N4O3. The number of piperazine rings is 1. The Kier molecular flexibility index (Phi) is 4.18. The Hall–Kier alpha value is -2.57. The van der Waals surface area contributed by atoms with Gasteiger partial charge in [0, 0.05) is 30.9 Å². The number of nitrogens with zero attached hydrogens (tertiary/aromatic N) is 2. The quantitative estimate of drug-likeness (QED) is 0.785. The van der Waals surface area contributed by atoms with Gasteiger partial charge in [0.1, 0.15) is 0 Å². The maximum atomic E-state index is 12.5. The fourth-order valence-corrected chi connectivity index (χ4v) is 3.21. The minimum atomic E-state index is -0.442. The lowest BCUT2D eigenvalue weighted by Gasteiger charge is -2.34. The minimum Gasteiger partial charge on any atom is -0.366 e. The molecule has 23 heavy (non-hydrogen) atoms. The number of carbonyl (C=O) groups excluding carboxylic acids is 3. The second-order valence-electron chi connectivity index (χ2n) is 5.86. The van der Waals surface area contributed by atoms with Crippen LogP contribution in [0.2, 0.25) is 0 Å². The van der Waals surface area contributed by atoms with Crippen molar-refractivity contribution < 1.29 is 14.4 Å². The molecule has 2 aliphatic rings. The van der Waals surface area contributed by atoms with Crippen molar-refractivity contribution in [1.82, 2.24) is 10.2 Å². The summed E-state index contributed by atoms with van der Waals surface area (Å²) in [6.07, 6.45) is 1.65. The average Bonchev–Trinajstić information content (AvgIpc) is 2.54. The molecule has 1 fully saturated rings. The van der Waals surface area contributed by atoms with E-state index >= 15 is 0 Å². The summed E-state index contributed by atoms with van der Waals surface area (Å²) in [4.78, 5) is 39.0. The lowest BCUT2D eigenvalue weighted by molar-refractivity contribution is -0.137. The zero-order valence-electron chi connectivity index (χ0n) is 12.9. The molecule has 0 unspecified atom stereocenters. The molecule has 1 saturated heterocycles. The summed E-state index contributed by atoms with van der Waals surface area (Å²) in [7, 11) is 0. The molecule has 1 aromatic rings. The highest BCUT2D eigenvalue weighted by atomic mass is 16.2. The van der Waals surface area contributed by atoms with Crippen LogP contribution < -0.4 is 16.0 Å². The molecule has 0 bridgehead atoms. The number of amides is 3. The monoisotopic (exact) mass is 316 g/mol. The van der Waals surface area contributed by atoms with Crippen LogP contribution in [-0.2, 0) is 16.0 Å². The third-order valence-electron chi connectivity index (χ3n) is 4.33. The van der Waals surface area contributed by atoms with E-state index in [2.05, 4.69) is 5.32 Å². The maximum absolute atomic E-state index is 12.5. The lowest BCUT2D eigenvalue weighted by Crippen LogP contribution is -2.52. The summed E-state index contributed by atoms with van der Waals surface area (Å²) in [5, 5.41) is 2.71. The Balaban J connectivity index is 1.78. The number of nitrogens with one attached hydrogen (secondary N) is 1. The normalized spacial score (nSPS) is 17.5. The number of benzene rings is 1. The summed E-state index contributed by atoms with van der Waals surface area (Å²) in [5.74, 6) is -0.639. The van der Waals surface area contributed by atoms with Crippen molar-refractivity contribution in [2.24, 2.45) is 5.73 Å². The van der Waals surface area contributed by atoms with E-state index < -0.39 is 5.91 Å². The predicted molar refractivity (Wildman–Crippen MR) is 85.1 cm³/mol. The number of carbonyl (C=O) groups is 3. The van der Waals surface area contributed by atoms with Crippen molar-refractivity contribution in [3.63, 3.8) is 0 Å². The van der Waals surface area contributed by atoms with E-state index in [1.807, 2.05) is 11.0 Å². The maximum Gasteiger partial charge on any atom is 0.249 e. The van der Waals surface area contributed by atoms with Crippen molar-refractivity contribution in [2.45, 2.75) is 12.8 Å². The summed E-state index contributed by atoms with van der Waals surface area (Å²) >= 11 is 0. The van der Waals surface area contributed by atoms with Gasteiger partial charge in [-0.2, -0.15) is 0 Å². The van der Waals surface area contributed by atoms with Crippen LogP contribution >= 0.6 is 0 Å². The molecule has 3 amide bonds. The van der Waals surface area contributed by atoms with Crippen LogP contribution in [0.15, 0.2) is 18.2 Å². The van der Waals surface area contributed by atoms with Gasteiger partial charge in [-0.05, 0) is 30.5 Å². The molecule has 7 heteroatoms. The van der Waals surface area contributed by atoms with Crippen LogP contribution in [0.1, 0.15) is 22.3 Å². The van der Waals surface area contributed by atoms with E-state index in [9.17, 15) is 14.4 Å². The van der Waals surface area contributed by atoms with Gasteiger partial charge in [-0.25, -0.2) is 0 Å². The van der Waals surface area contributed by atoms with Gasteiger partial charge in [0.2, 0.25) is 17.7 Å². The van der Waals surface area contributed by atoms with Crippen LogP contribution in [0.4, 0.5) is 5.69 Å². The molecule has 0 saturated carbocycles. The first-order valence-electron chi connectivity index (χ1n) is 7.77. The smallest absolute Gasteiger partial charge is 0.249 e. The van der Waals surface area contributed by atoms with E-state index in [0.717, 1.165) is 30.6 Å². The van der Waals surface area contributed by atoms with Crippen molar-refractivity contribution in [1.29, 1.82) is 0 Å². The molecule has 0 aromatic heterocycles. The first-order valence-corrected chi connectivity index (χ1v) is 7.77. The van der Waals surface area contributed by atoms with Gasteiger partial charge in [-0.3, -0.25) is 14.4 Å². The molecule has 122 valence electrons. The number of nitrogens with two attached hydrogens (primary N) is 1. The van der Waals surface area contributed by atoms with Crippen LogP contribution in [0.5, 0.6) is 0 Å². The SMILES string of the molecule is NC(=O)c1cccc2c1CCCN2CC(=O)N1CCNC(=O)C1. The number of primary amides is 1. The fraction of sp³-hybridized carbons (Fsp3) is 0.438. The number of rotatable bonds is 3. The first-order chi connectivity index (χ1) is 11.1. The Labute approximate surface area is 134 Å². The van der Waals surface area contributed by atoms with Crippen LogP contribution in [0.25, 0.3) is 0 Å². The molecule has 3 rings (SSSR count). The summed E-state index contributed by atoms with van der Waals surface area (Å²) in [6.45, 7) is 2.10. The van der Waals surface area contributed by atoms with Crippen LogP contribution in [-0.4, -0.2) is 55.3 Å². The number of hydrogen-bond acceptors (Lipinski definition) is 4. The summed E-state index contributed by atoms with van der Waals surface area (Å²) in [5.41, 5.74) is 7.77. The van der Waals surface area contributed by atoms with E-state index in [-0.39, 0.29) is 24.9 Å². The van der Waals surface area contributed by atoms with E-state index in [0.29, 0.717) is 18.7 Å². The highest BCUT2D eigenvalue weighted by Gasteiger charge is 2.26. The average molecular weight is 316 g/mol. The molecule has 2 aliphatic heterocycles. The Morgan fingerprint density at radius 3 is 2.83 bits per heavy atom.